The smallest absolute Gasteiger partial charge is 0.254 e. The number of hydrogen-bond donors (Lipinski definition) is 1. The second kappa shape index (κ2) is 7.47. The van der Waals surface area contributed by atoms with Crippen LogP contribution in [0.5, 0.6) is 0 Å². The highest BCUT2D eigenvalue weighted by Gasteiger charge is 2.17. The predicted octanol–water partition coefficient (Wildman–Crippen LogP) is 3.28. The van der Waals surface area contributed by atoms with Crippen molar-refractivity contribution in [2.24, 2.45) is 0 Å². The van der Waals surface area contributed by atoms with Crippen LogP contribution >= 0.6 is 0 Å². The summed E-state index contributed by atoms with van der Waals surface area (Å²) in [6, 6.07) is 4.95. The van der Waals surface area contributed by atoms with Crippen LogP contribution in [0.2, 0.25) is 0 Å². The fourth-order valence-electron chi connectivity index (χ4n) is 2.11. The van der Waals surface area contributed by atoms with Crippen molar-refractivity contribution in [1.82, 2.24) is 15.3 Å². The number of hydrogen-bond acceptors (Lipinski definition) is 3. The Hall–Kier alpha value is -2.30. The fourth-order valence-corrected chi connectivity index (χ4v) is 2.11. The SMILES string of the molecule is CCCCC(NC(=O)c1ccncc1F)c1cccnc1. The number of carbonyl (C=O) groups excluding carboxylic acids is 1. The molecule has 1 unspecified atom stereocenters. The molecule has 0 aliphatic carbocycles. The number of unbranched alkanes of at least 4 members (excludes halogenated alkanes) is 1. The predicted molar refractivity (Wildman–Crippen MR) is 78.2 cm³/mol. The van der Waals surface area contributed by atoms with Gasteiger partial charge in [0.25, 0.3) is 5.91 Å². The normalized spacial score (nSPS) is 11.9. The maximum atomic E-state index is 13.6. The molecule has 2 aromatic rings. The Morgan fingerprint density at radius 2 is 2.10 bits per heavy atom. The second-order valence-corrected chi connectivity index (χ2v) is 4.81. The van der Waals surface area contributed by atoms with Crippen LogP contribution in [0, 0.1) is 5.82 Å². The van der Waals surface area contributed by atoms with Crippen LogP contribution in [0.4, 0.5) is 4.39 Å². The molecule has 5 heteroatoms. The Labute approximate surface area is 123 Å². The van der Waals surface area contributed by atoms with Gasteiger partial charge >= 0.3 is 0 Å². The van der Waals surface area contributed by atoms with Gasteiger partial charge in [-0.25, -0.2) is 4.39 Å². The Kier molecular flexibility index (Phi) is 5.37. The number of amides is 1. The average Bonchev–Trinajstić information content (AvgIpc) is 2.52. The van der Waals surface area contributed by atoms with Gasteiger partial charge in [0.2, 0.25) is 0 Å². The highest BCUT2D eigenvalue weighted by atomic mass is 19.1. The van der Waals surface area contributed by atoms with Crippen LogP contribution in [-0.4, -0.2) is 15.9 Å². The van der Waals surface area contributed by atoms with Gasteiger partial charge in [0.1, 0.15) is 0 Å². The molecule has 0 aromatic carbocycles. The number of rotatable bonds is 6. The molecule has 0 saturated heterocycles. The molecule has 1 amide bonds. The van der Waals surface area contributed by atoms with E-state index in [-0.39, 0.29) is 11.6 Å². The maximum Gasteiger partial charge on any atom is 0.254 e. The molecule has 0 spiro atoms. The minimum Gasteiger partial charge on any atom is -0.345 e. The summed E-state index contributed by atoms with van der Waals surface area (Å²) in [6.45, 7) is 2.09. The molecule has 4 nitrogen and oxygen atoms in total. The van der Waals surface area contributed by atoms with E-state index < -0.39 is 11.7 Å². The largest absolute Gasteiger partial charge is 0.345 e. The Morgan fingerprint density at radius 3 is 2.76 bits per heavy atom. The summed E-state index contributed by atoms with van der Waals surface area (Å²) in [5.41, 5.74) is 0.934. The van der Waals surface area contributed by atoms with Crippen molar-refractivity contribution in [2.75, 3.05) is 0 Å². The lowest BCUT2D eigenvalue weighted by molar-refractivity contribution is 0.0929. The summed E-state index contributed by atoms with van der Waals surface area (Å²) in [5, 5.41) is 2.88. The Bertz CT molecular complexity index is 589. The third-order valence-corrected chi connectivity index (χ3v) is 3.26. The molecule has 0 fully saturated rings. The molecule has 0 bridgehead atoms. The van der Waals surface area contributed by atoms with Gasteiger partial charge in [0.15, 0.2) is 5.82 Å². The first-order valence-corrected chi connectivity index (χ1v) is 7.02. The molecule has 2 heterocycles. The first-order valence-electron chi connectivity index (χ1n) is 7.02. The van der Waals surface area contributed by atoms with Crippen molar-refractivity contribution in [3.63, 3.8) is 0 Å². The van der Waals surface area contributed by atoms with Crippen molar-refractivity contribution in [3.8, 4) is 0 Å². The van der Waals surface area contributed by atoms with Gasteiger partial charge in [-0.05, 0) is 24.1 Å². The molecule has 2 aromatic heterocycles. The molecule has 21 heavy (non-hydrogen) atoms. The van der Waals surface area contributed by atoms with E-state index >= 15 is 0 Å². The van der Waals surface area contributed by atoms with Gasteiger partial charge in [-0.1, -0.05) is 25.8 Å². The highest BCUT2D eigenvalue weighted by molar-refractivity contribution is 5.94. The molecule has 0 aliphatic rings. The highest BCUT2D eigenvalue weighted by Crippen LogP contribution is 2.19. The fraction of sp³-hybridized carbons (Fsp3) is 0.312. The molecule has 1 atom stereocenters. The van der Waals surface area contributed by atoms with Crippen molar-refractivity contribution >= 4 is 5.91 Å². The van der Waals surface area contributed by atoms with Gasteiger partial charge in [-0.15, -0.1) is 0 Å². The van der Waals surface area contributed by atoms with Crippen LogP contribution < -0.4 is 5.32 Å². The minimum absolute atomic E-state index is 0.00962. The third kappa shape index (κ3) is 4.08. The van der Waals surface area contributed by atoms with Crippen LogP contribution in [0.3, 0.4) is 0 Å². The van der Waals surface area contributed by atoms with E-state index in [1.165, 1.54) is 12.3 Å². The number of nitrogens with one attached hydrogen (secondary N) is 1. The van der Waals surface area contributed by atoms with Crippen molar-refractivity contribution < 1.29 is 9.18 Å². The lowest BCUT2D eigenvalue weighted by Crippen LogP contribution is -2.29. The summed E-state index contributed by atoms with van der Waals surface area (Å²) in [4.78, 5) is 19.9. The average molecular weight is 287 g/mol. The molecular weight excluding hydrogens is 269 g/mol. The molecule has 110 valence electrons. The van der Waals surface area contributed by atoms with Gasteiger partial charge in [-0.2, -0.15) is 0 Å². The molecule has 0 aliphatic heterocycles. The van der Waals surface area contributed by atoms with Crippen LogP contribution in [0.25, 0.3) is 0 Å². The van der Waals surface area contributed by atoms with E-state index in [4.69, 9.17) is 0 Å². The number of carbonyl (C=O) groups is 1. The topological polar surface area (TPSA) is 54.9 Å². The first-order chi connectivity index (χ1) is 10.2. The molecule has 1 N–H and O–H groups in total. The van der Waals surface area contributed by atoms with E-state index in [0.717, 1.165) is 31.0 Å². The standard InChI is InChI=1S/C16H18FN3O/c1-2-3-6-15(12-5-4-8-18-10-12)20-16(21)13-7-9-19-11-14(13)17/h4-5,7-11,15H,2-3,6H2,1H3,(H,20,21). The quantitative estimate of drug-likeness (QED) is 0.887. The van der Waals surface area contributed by atoms with E-state index in [1.807, 2.05) is 12.1 Å². The van der Waals surface area contributed by atoms with Crippen molar-refractivity contribution in [2.45, 2.75) is 32.2 Å². The second-order valence-electron chi connectivity index (χ2n) is 4.81. The molecule has 0 saturated carbocycles. The zero-order valence-corrected chi connectivity index (χ0v) is 11.9. The molecule has 0 radical (unpaired) electrons. The number of aromatic nitrogens is 2. The zero-order chi connectivity index (χ0) is 15.1. The third-order valence-electron chi connectivity index (χ3n) is 3.26. The van der Waals surface area contributed by atoms with E-state index in [9.17, 15) is 9.18 Å². The van der Waals surface area contributed by atoms with E-state index in [2.05, 4.69) is 22.2 Å². The maximum absolute atomic E-state index is 13.6. The lowest BCUT2D eigenvalue weighted by atomic mass is 10.0. The Balaban J connectivity index is 2.15. The number of pyridine rings is 2. The summed E-state index contributed by atoms with van der Waals surface area (Å²) >= 11 is 0. The van der Waals surface area contributed by atoms with Crippen molar-refractivity contribution in [3.05, 3.63) is 59.9 Å². The van der Waals surface area contributed by atoms with Gasteiger partial charge in [0.05, 0.1) is 17.8 Å². The Morgan fingerprint density at radius 1 is 1.29 bits per heavy atom. The number of nitrogens with zero attached hydrogens (tertiary/aromatic N) is 2. The molecule has 2 rings (SSSR count). The van der Waals surface area contributed by atoms with Crippen LogP contribution in [-0.2, 0) is 0 Å². The van der Waals surface area contributed by atoms with Gasteiger partial charge in [0, 0.05) is 18.6 Å². The lowest BCUT2D eigenvalue weighted by Gasteiger charge is -2.18. The van der Waals surface area contributed by atoms with Crippen LogP contribution in [0.15, 0.2) is 43.0 Å². The minimum atomic E-state index is -0.615. The van der Waals surface area contributed by atoms with Gasteiger partial charge < -0.3 is 5.32 Å². The zero-order valence-electron chi connectivity index (χ0n) is 11.9. The monoisotopic (exact) mass is 287 g/mol. The summed E-state index contributed by atoms with van der Waals surface area (Å²) in [6.07, 6.45) is 8.65. The van der Waals surface area contributed by atoms with Crippen LogP contribution in [0.1, 0.15) is 48.1 Å². The summed E-state index contributed by atoms with van der Waals surface area (Å²) in [7, 11) is 0. The first kappa shape index (κ1) is 15.1. The number of halogens is 1. The van der Waals surface area contributed by atoms with Crippen molar-refractivity contribution in [1.29, 1.82) is 0 Å². The van der Waals surface area contributed by atoms with E-state index in [1.54, 1.807) is 12.4 Å². The van der Waals surface area contributed by atoms with Gasteiger partial charge in [-0.3, -0.25) is 14.8 Å². The summed E-state index contributed by atoms with van der Waals surface area (Å²) < 4.78 is 13.6. The van der Waals surface area contributed by atoms with E-state index in [0.29, 0.717) is 0 Å². The molecular formula is C16H18FN3O. The summed E-state index contributed by atoms with van der Waals surface area (Å²) in [5.74, 6) is -1.05.